The molecule has 2 aromatic carbocycles. The van der Waals surface area contributed by atoms with Crippen molar-refractivity contribution in [2.75, 3.05) is 12.4 Å². The molecule has 0 unspecified atom stereocenters. The van der Waals surface area contributed by atoms with Crippen LogP contribution in [0.2, 0.25) is 0 Å². The van der Waals surface area contributed by atoms with Crippen molar-refractivity contribution in [1.82, 2.24) is 19.7 Å². The van der Waals surface area contributed by atoms with Crippen molar-refractivity contribution in [1.29, 1.82) is 0 Å². The zero-order valence-electron chi connectivity index (χ0n) is 14.3. The normalized spacial score (nSPS) is 10.7. The predicted octanol–water partition coefficient (Wildman–Crippen LogP) is 3.05. The maximum atomic E-state index is 11.6. The van der Waals surface area contributed by atoms with Gasteiger partial charge in [0.15, 0.2) is 5.65 Å². The van der Waals surface area contributed by atoms with Crippen molar-refractivity contribution in [3.05, 3.63) is 66.6 Å². The molecule has 0 aliphatic heterocycles. The summed E-state index contributed by atoms with van der Waals surface area (Å²) in [6.07, 6.45) is 3.08. The van der Waals surface area contributed by atoms with Gasteiger partial charge in [0.05, 0.1) is 35.6 Å². The number of carbonyl (C=O) groups is 1. The highest BCUT2D eigenvalue weighted by Crippen LogP contribution is 2.30. The summed E-state index contributed by atoms with van der Waals surface area (Å²) in [5.41, 5.74) is 2.16. The number of carbonyl (C=O) groups excluding carboxylic acids is 1. The second-order valence-electron chi connectivity index (χ2n) is 5.70. The fourth-order valence-electron chi connectivity index (χ4n) is 2.71. The number of hydrogen-bond acceptors (Lipinski definition) is 7. The lowest BCUT2D eigenvalue weighted by molar-refractivity contribution is 0.0600. The summed E-state index contributed by atoms with van der Waals surface area (Å²) in [5.74, 6) is -0.131. The van der Waals surface area contributed by atoms with Gasteiger partial charge >= 0.3 is 5.97 Å². The number of hydrogen-bond donors (Lipinski definition) is 2. The predicted molar refractivity (Wildman–Crippen MR) is 99.4 cm³/mol. The third kappa shape index (κ3) is 3.04. The molecule has 4 rings (SSSR count). The Hall–Kier alpha value is -3.94. The summed E-state index contributed by atoms with van der Waals surface area (Å²) in [4.78, 5) is 20.1. The van der Waals surface area contributed by atoms with Crippen LogP contribution in [0, 0.1) is 0 Å². The Bertz CT molecular complexity index is 1120. The number of ether oxygens (including phenoxy) is 1. The summed E-state index contributed by atoms with van der Waals surface area (Å²) < 4.78 is 6.36. The van der Waals surface area contributed by atoms with Gasteiger partial charge in [-0.3, -0.25) is 0 Å². The third-order valence-corrected chi connectivity index (χ3v) is 4.04. The summed E-state index contributed by atoms with van der Waals surface area (Å²) in [6.45, 7) is 0. The van der Waals surface area contributed by atoms with Crippen molar-refractivity contribution in [3.8, 4) is 11.4 Å². The fraction of sp³-hybridized carbons (Fsp3) is 0.0526. The van der Waals surface area contributed by atoms with E-state index in [1.165, 1.54) is 19.5 Å². The summed E-state index contributed by atoms with van der Waals surface area (Å²) in [5, 5.41) is 18.4. The highest BCUT2D eigenvalue weighted by Gasteiger charge is 2.14. The first-order chi connectivity index (χ1) is 13.2. The van der Waals surface area contributed by atoms with Gasteiger partial charge in [-0.1, -0.05) is 18.2 Å². The zero-order chi connectivity index (χ0) is 18.8. The van der Waals surface area contributed by atoms with E-state index < -0.39 is 5.97 Å². The highest BCUT2D eigenvalue weighted by molar-refractivity contribution is 5.92. The van der Waals surface area contributed by atoms with Crippen LogP contribution in [-0.4, -0.2) is 37.9 Å². The van der Waals surface area contributed by atoms with Gasteiger partial charge in [-0.15, -0.1) is 0 Å². The second kappa shape index (κ2) is 6.75. The number of anilines is 2. The lowest BCUT2D eigenvalue weighted by Crippen LogP contribution is -2.02. The molecule has 0 bridgehead atoms. The molecule has 27 heavy (non-hydrogen) atoms. The fourth-order valence-corrected chi connectivity index (χ4v) is 2.71. The van der Waals surface area contributed by atoms with E-state index in [1.54, 1.807) is 23.0 Å². The standard InChI is InChI=1S/C19H15N5O3/c1-27-19(26)12-7-8-15(16(25)9-12)23-17-14-10-22-24(18(14)21-11-20-17)13-5-3-2-4-6-13/h2-11,25H,1H3,(H,20,21,23). The van der Waals surface area contributed by atoms with Crippen LogP contribution >= 0.6 is 0 Å². The Labute approximate surface area is 154 Å². The minimum Gasteiger partial charge on any atom is -0.506 e. The zero-order valence-corrected chi connectivity index (χ0v) is 14.3. The first-order valence-corrected chi connectivity index (χ1v) is 8.10. The van der Waals surface area contributed by atoms with Gasteiger partial charge in [0, 0.05) is 0 Å². The highest BCUT2D eigenvalue weighted by atomic mass is 16.5. The summed E-state index contributed by atoms with van der Waals surface area (Å²) in [6, 6.07) is 14.1. The van der Waals surface area contributed by atoms with Crippen LogP contribution in [0.5, 0.6) is 5.75 Å². The van der Waals surface area contributed by atoms with Gasteiger partial charge < -0.3 is 15.2 Å². The number of phenols is 1. The average molecular weight is 361 g/mol. The van der Waals surface area contributed by atoms with Crippen LogP contribution < -0.4 is 5.32 Å². The third-order valence-electron chi connectivity index (χ3n) is 4.04. The molecule has 0 saturated heterocycles. The Morgan fingerprint density at radius 2 is 1.96 bits per heavy atom. The van der Waals surface area contributed by atoms with E-state index in [9.17, 15) is 9.90 Å². The number of aromatic hydroxyl groups is 1. The largest absolute Gasteiger partial charge is 0.506 e. The van der Waals surface area contributed by atoms with E-state index in [1.807, 2.05) is 30.3 Å². The minimum absolute atomic E-state index is 0.0971. The van der Waals surface area contributed by atoms with Crippen LogP contribution in [0.1, 0.15) is 10.4 Å². The molecular formula is C19H15N5O3. The summed E-state index contributed by atoms with van der Waals surface area (Å²) >= 11 is 0. The Morgan fingerprint density at radius 1 is 1.15 bits per heavy atom. The van der Waals surface area contributed by atoms with Crippen LogP contribution in [-0.2, 0) is 4.74 Å². The Balaban J connectivity index is 1.71. The molecule has 134 valence electrons. The first-order valence-electron chi connectivity index (χ1n) is 8.10. The molecule has 0 aliphatic carbocycles. The molecule has 0 radical (unpaired) electrons. The Morgan fingerprint density at radius 3 is 2.70 bits per heavy atom. The molecule has 0 fully saturated rings. The molecule has 0 aliphatic rings. The van der Waals surface area contributed by atoms with Crippen LogP contribution in [0.15, 0.2) is 61.1 Å². The molecule has 0 amide bonds. The average Bonchev–Trinajstić information content (AvgIpc) is 3.14. The van der Waals surface area contributed by atoms with Gasteiger partial charge in [0.1, 0.15) is 17.9 Å². The van der Waals surface area contributed by atoms with Gasteiger partial charge in [0.25, 0.3) is 0 Å². The van der Waals surface area contributed by atoms with E-state index in [2.05, 4.69) is 25.1 Å². The quantitative estimate of drug-likeness (QED) is 0.425. The second-order valence-corrected chi connectivity index (χ2v) is 5.70. The van der Waals surface area contributed by atoms with Crippen molar-refractivity contribution >= 4 is 28.5 Å². The first kappa shape index (κ1) is 16.5. The van der Waals surface area contributed by atoms with Crippen molar-refractivity contribution in [2.45, 2.75) is 0 Å². The molecule has 2 heterocycles. The number of methoxy groups -OCH3 is 1. The molecule has 2 aromatic heterocycles. The van der Waals surface area contributed by atoms with Crippen LogP contribution in [0.4, 0.5) is 11.5 Å². The van der Waals surface area contributed by atoms with Crippen molar-refractivity contribution in [2.24, 2.45) is 0 Å². The molecule has 2 N–H and O–H groups in total. The smallest absolute Gasteiger partial charge is 0.337 e. The molecule has 0 spiro atoms. The van der Waals surface area contributed by atoms with Gasteiger partial charge in [0.2, 0.25) is 0 Å². The van der Waals surface area contributed by atoms with E-state index in [4.69, 9.17) is 0 Å². The molecule has 0 atom stereocenters. The number of nitrogens with zero attached hydrogens (tertiary/aromatic N) is 4. The van der Waals surface area contributed by atoms with E-state index in [0.717, 1.165) is 5.69 Å². The van der Waals surface area contributed by atoms with Crippen LogP contribution in [0.3, 0.4) is 0 Å². The van der Waals surface area contributed by atoms with E-state index in [0.29, 0.717) is 22.5 Å². The van der Waals surface area contributed by atoms with E-state index >= 15 is 0 Å². The molecular weight excluding hydrogens is 346 g/mol. The van der Waals surface area contributed by atoms with Gasteiger partial charge in [-0.25, -0.2) is 19.4 Å². The lowest BCUT2D eigenvalue weighted by Gasteiger charge is -2.09. The number of aromatic nitrogens is 4. The van der Waals surface area contributed by atoms with E-state index in [-0.39, 0.29) is 11.3 Å². The molecule has 4 aromatic rings. The number of esters is 1. The molecule has 8 heteroatoms. The number of benzene rings is 2. The number of nitrogens with one attached hydrogen (secondary N) is 1. The molecule has 8 nitrogen and oxygen atoms in total. The van der Waals surface area contributed by atoms with Gasteiger partial charge in [-0.05, 0) is 30.3 Å². The number of rotatable bonds is 4. The van der Waals surface area contributed by atoms with Crippen LogP contribution in [0.25, 0.3) is 16.7 Å². The van der Waals surface area contributed by atoms with Crippen molar-refractivity contribution < 1.29 is 14.6 Å². The topological polar surface area (TPSA) is 102 Å². The van der Waals surface area contributed by atoms with Gasteiger partial charge in [-0.2, -0.15) is 5.10 Å². The summed E-state index contributed by atoms with van der Waals surface area (Å²) in [7, 11) is 1.29. The number of fused-ring (bicyclic) bond motifs is 1. The van der Waals surface area contributed by atoms with Crippen molar-refractivity contribution in [3.63, 3.8) is 0 Å². The Kier molecular flexibility index (Phi) is 4.13. The monoisotopic (exact) mass is 361 g/mol. The maximum Gasteiger partial charge on any atom is 0.337 e. The SMILES string of the molecule is COC(=O)c1ccc(Nc2ncnc3c2cnn3-c2ccccc2)c(O)c1. The maximum absolute atomic E-state index is 11.6. The lowest BCUT2D eigenvalue weighted by atomic mass is 10.2. The molecule has 0 saturated carbocycles. The number of para-hydroxylation sites is 1. The minimum atomic E-state index is -0.523. The number of phenolic OH excluding ortho intramolecular Hbond substituents is 1.